The molecule has 2 aromatic rings. The van der Waals surface area contributed by atoms with Crippen LogP contribution in [0.25, 0.3) is 0 Å². The summed E-state index contributed by atoms with van der Waals surface area (Å²) >= 11 is 5.87. The summed E-state index contributed by atoms with van der Waals surface area (Å²) in [4.78, 5) is 14.3. The van der Waals surface area contributed by atoms with Gasteiger partial charge in [0.25, 0.3) is 0 Å². The number of rotatable bonds is 4. The Bertz CT molecular complexity index is 759. The van der Waals surface area contributed by atoms with Gasteiger partial charge >= 0.3 is 0 Å². The number of carbonyl (C=O) groups is 1. The second-order valence-electron chi connectivity index (χ2n) is 6.58. The van der Waals surface area contributed by atoms with E-state index in [2.05, 4.69) is 33.7 Å². The molecule has 6 nitrogen and oxygen atoms in total. The highest BCUT2D eigenvalue weighted by Crippen LogP contribution is 2.25. The summed E-state index contributed by atoms with van der Waals surface area (Å²) in [5.41, 5.74) is 4.06. The Morgan fingerprint density at radius 3 is 3.08 bits per heavy atom. The Hall–Kier alpha value is -1.95. The summed E-state index contributed by atoms with van der Waals surface area (Å²) in [6.45, 7) is 1.34. The molecule has 1 atom stereocenters. The molecule has 1 unspecified atom stereocenters. The lowest BCUT2D eigenvalue weighted by molar-refractivity contribution is -0.132. The minimum atomic E-state index is -0.0249. The molecule has 0 bridgehead atoms. The number of hydrogen-bond donors (Lipinski definition) is 0. The van der Waals surface area contributed by atoms with Gasteiger partial charge in [-0.3, -0.25) is 4.79 Å². The van der Waals surface area contributed by atoms with Gasteiger partial charge < -0.3 is 4.90 Å². The van der Waals surface area contributed by atoms with Crippen LogP contribution in [-0.2, 0) is 37.1 Å². The van der Waals surface area contributed by atoms with E-state index in [-0.39, 0.29) is 17.8 Å². The van der Waals surface area contributed by atoms with E-state index in [4.69, 9.17) is 11.6 Å². The van der Waals surface area contributed by atoms with E-state index in [0.29, 0.717) is 13.0 Å². The molecular formula is C17H20ClN5O. The molecule has 1 aromatic carbocycles. The zero-order valence-electron chi connectivity index (χ0n) is 13.5. The van der Waals surface area contributed by atoms with Crippen LogP contribution in [-0.4, -0.2) is 42.9 Å². The molecule has 1 amide bonds. The molecule has 4 rings (SSSR count). The Labute approximate surface area is 145 Å². The smallest absolute Gasteiger partial charge is 0.238 e. The van der Waals surface area contributed by atoms with Gasteiger partial charge in [0.05, 0.1) is 0 Å². The zero-order chi connectivity index (χ0) is 16.5. The van der Waals surface area contributed by atoms with Crippen LogP contribution in [0.3, 0.4) is 0 Å². The summed E-state index contributed by atoms with van der Waals surface area (Å²) in [7, 11) is 0. The first kappa shape index (κ1) is 15.6. The van der Waals surface area contributed by atoms with Crippen molar-refractivity contribution in [1.82, 2.24) is 25.1 Å². The number of benzene rings is 1. The minimum absolute atomic E-state index is 0.00633. The molecule has 2 aliphatic rings. The molecule has 0 radical (unpaired) electrons. The third-order valence-electron chi connectivity index (χ3n) is 5.09. The Balaban J connectivity index is 1.55. The van der Waals surface area contributed by atoms with Gasteiger partial charge in [-0.25, -0.2) is 4.68 Å². The van der Waals surface area contributed by atoms with Crippen LogP contribution in [0.15, 0.2) is 18.2 Å². The van der Waals surface area contributed by atoms with Gasteiger partial charge in [-0.1, -0.05) is 18.2 Å². The second kappa shape index (κ2) is 6.51. The van der Waals surface area contributed by atoms with Crippen molar-refractivity contribution in [1.29, 1.82) is 0 Å². The van der Waals surface area contributed by atoms with Crippen LogP contribution >= 0.6 is 11.6 Å². The van der Waals surface area contributed by atoms with Crippen LogP contribution in [0.1, 0.15) is 35.4 Å². The molecule has 1 aromatic heterocycles. The van der Waals surface area contributed by atoms with Gasteiger partial charge in [0.2, 0.25) is 5.91 Å². The number of hydrogen-bond acceptors (Lipinski definition) is 4. The predicted molar refractivity (Wildman–Crippen MR) is 89.7 cm³/mol. The van der Waals surface area contributed by atoms with Gasteiger partial charge in [-0.2, -0.15) is 0 Å². The first-order valence-corrected chi connectivity index (χ1v) is 8.99. The quantitative estimate of drug-likeness (QED) is 0.792. The van der Waals surface area contributed by atoms with E-state index in [1.165, 1.54) is 29.5 Å². The monoisotopic (exact) mass is 345 g/mol. The van der Waals surface area contributed by atoms with E-state index >= 15 is 0 Å². The predicted octanol–water partition coefficient (Wildman–Crippen LogP) is 1.74. The lowest BCUT2D eigenvalue weighted by atomic mass is 10.0. The molecule has 24 heavy (non-hydrogen) atoms. The summed E-state index contributed by atoms with van der Waals surface area (Å²) < 4.78 is 1.81. The number of tetrazole rings is 1. The topological polar surface area (TPSA) is 63.9 Å². The summed E-state index contributed by atoms with van der Waals surface area (Å²) in [6.07, 6.45) is 5.08. The number of aryl methyl sites for hydroxylation is 3. The normalized spacial score (nSPS) is 19.0. The van der Waals surface area contributed by atoms with Crippen LogP contribution in [0.5, 0.6) is 0 Å². The maximum Gasteiger partial charge on any atom is 0.238 e. The summed E-state index contributed by atoms with van der Waals surface area (Å²) in [5, 5.41) is 11.7. The fourth-order valence-electron chi connectivity index (χ4n) is 3.81. The summed E-state index contributed by atoms with van der Waals surface area (Å²) in [6, 6.07) is 6.71. The zero-order valence-corrected chi connectivity index (χ0v) is 14.2. The average molecular weight is 346 g/mol. The lowest BCUT2D eigenvalue weighted by Gasteiger charge is -2.33. The Morgan fingerprint density at radius 1 is 1.33 bits per heavy atom. The van der Waals surface area contributed by atoms with E-state index in [1.54, 1.807) is 0 Å². The highest BCUT2D eigenvalue weighted by Gasteiger charge is 2.29. The van der Waals surface area contributed by atoms with Crippen molar-refractivity contribution in [3.05, 3.63) is 40.7 Å². The number of fused-ring (bicyclic) bond motifs is 2. The average Bonchev–Trinajstić information content (AvgIpc) is 3.26. The van der Waals surface area contributed by atoms with Crippen LogP contribution < -0.4 is 0 Å². The van der Waals surface area contributed by atoms with Crippen LogP contribution in [0.2, 0.25) is 0 Å². The minimum Gasteiger partial charge on any atom is -0.334 e. The molecular weight excluding hydrogens is 326 g/mol. The number of halogens is 1. The molecule has 0 N–H and O–H groups in total. The number of carbonyl (C=O) groups excluding carboxylic acids is 1. The van der Waals surface area contributed by atoms with E-state index in [1.807, 2.05) is 9.58 Å². The molecule has 1 aliphatic carbocycles. The van der Waals surface area contributed by atoms with Gasteiger partial charge in [0, 0.05) is 25.6 Å². The van der Waals surface area contributed by atoms with Crippen molar-refractivity contribution >= 4 is 17.5 Å². The molecule has 2 heterocycles. The first-order chi connectivity index (χ1) is 11.7. The molecule has 0 spiro atoms. The second-order valence-corrected chi connectivity index (χ2v) is 6.84. The molecule has 126 valence electrons. The van der Waals surface area contributed by atoms with Crippen LogP contribution in [0, 0.1) is 0 Å². The lowest BCUT2D eigenvalue weighted by Crippen LogP contribution is -2.44. The molecule has 0 saturated carbocycles. The first-order valence-electron chi connectivity index (χ1n) is 8.46. The summed E-state index contributed by atoms with van der Waals surface area (Å²) in [5.74, 6) is 0.822. The van der Waals surface area contributed by atoms with Gasteiger partial charge in [-0.15, -0.1) is 16.7 Å². The van der Waals surface area contributed by atoms with E-state index < -0.39 is 0 Å². The highest BCUT2D eigenvalue weighted by molar-refractivity contribution is 6.27. The maximum atomic E-state index is 12.4. The third-order valence-corrected chi connectivity index (χ3v) is 5.32. The van der Waals surface area contributed by atoms with Crippen molar-refractivity contribution in [2.24, 2.45) is 0 Å². The van der Waals surface area contributed by atoms with Crippen molar-refractivity contribution in [3.8, 4) is 0 Å². The van der Waals surface area contributed by atoms with Gasteiger partial charge in [0.1, 0.15) is 5.88 Å². The molecule has 0 fully saturated rings. The van der Waals surface area contributed by atoms with Crippen molar-refractivity contribution < 1.29 is 4.79 Å². The molecule has 1 aliphatic heterocycles. The van der Waals surface area contributed by atoms with Gasteiger partial charge in [-0.05, 0) is 52.8 Å². The maximum absolute atomic E-state index is 12.4. The number of aromatic nitrogens is 4. The van der Waals surface area contributed by atoms with Crippen molar-refractivity contribution in [3.63, 3.8) is 0 Å². The van der Waals surface area contributed by atoms with Crippen LogP contribution in [0.4, 0.5) is 0 Å². The number of alkyl halides is 1. The van der Waals surface area contributed by atoms with Crippen molar-refractivity contribution in [2.75, 3.05) is 5.88 Å². The van der Waals surface area contributed by atoms with Gasteiger partial charge in [0.15, 0.2) is 5.82 Å². The third kappa shape index (κ3) is 2.90. The Kier molecular flexibility index (Phi) is 4.22. The van der Waals surface area contributed by atoms with Crippen molar-refractivity contribution in [2.45, 2.75) is 51.2 Å². The van der Waals surface area contributed by atoms with E-state index in [9.17, 15) is 4.79 Å². The number of nitrogens with zero attached hydrogens (tertiary/aromatic N) is 5. The largest absolute Gasteiger partial charge is 0.334 e. The number of amides is 1. The van der Waals surface area contributed by atoms with E-state index in [0.717, 1.165) is 25.2 Å². The standard InChI is InChI=1S/C17H20ClN5O/c18-10-17(24)22(15-6-7-23-16(9-15)19-20-21-23)11-12-4-5-13-2-1-3-14(13)8-12/h4-5,8,15H,1-3,6-7,9-11H2. The molecule has 0 saturated heterocycles. The highest BCUT2D eigenvalue weighted by atomic mass is 35.5. The molecule has 7 heteroatoms. The fourth-order valence-corrected chi connectivity index (χ4v) is 3.96. The fraction of sp³-hybridized carbons (Fsp3) is 0.529. The SMILES string of the molecule is O=C(CCl)N(Cc1ccc2c(c1)CCC2)C1CCn2nnnc2C1. The Morgan fingerprint density at radius 2 is 2.21 bits per heavy atom.